The molecule has 4 rings (SSSR count). The maximum Gasteiger partial charge on any atom is 0.400 e. The molecule has 0 saturated carbocycles. The van der Waals surface area contributed by atoms with E-state index < -0.39 is 4.81 Å². The fourth-order valence-electron chi connectivity index (χ4n) is 3.55. The predicted molar refractivity (Wildman–Crippen MR) is 123 cm³/mol. The van der Waals surface area contributed by atoms with Crippen molar-refractivity contribution in [2.24, 2.45) is 0 Å². The van der Waals surface area contributed by atoms with Crippen LogP contribution < -0.4 is 10.1 Å². The minimum atomic E-state index is -1.36. The van der Waals surface area contributed by atoms with Gasteiger partial charge in [0.05, 0.1) is 12.0 Å². The van der Waals surface area contributed by atoms with Crippen molar-refractivity contribution in [2.45, 2.75) is 39.8 Å². The Bertz CT molecular complexity index is 1170. The van der Waals surface area contributed by atoms with Gasteiger partial charge in [0, 0.05) is 36.1 Å². The molecular weight excluding hydrogens is 406 g/mol. The van der Waals surface area contributed by atoms with Crippen LogP contribution in [0.25, 0.3) is 22.4 Å². The quantitative estimate of drug-likeness (QED) is 0.264. The second-order valence-electron chi connectivity index (χ2n) is 7.70. The molecule has 0 aliphatic heterocycles. The van der Waals surface area contributed by atoms with Gasteiger partial charge >= 0.3 is 5.95 Å². The van der Waals surface area contributed by atoms with Gasteiger partial charge in [-0.2, -0.15) is 20.4 Å². The zero-order valence-corrected chi connectivity index (χ0v) is 18.3. The molecule has 0 radical (unpaired) electrons. The molecule has 0 saturated heterocycles. The van der Waals surface area contributed by atoms with E-state index in [1.165, 1.54) is 0 Å². The molecule has 166 valence electrons. The fraction of sp³-hybridized carbons (Fsp3) is 0.304. The normalized spacial score (nSPS) is 11.8. The molecule has 32 heavy (non-hydrogen) atoms. The molecule has 0 atom stereocenters. The number of aryl methyl sites for hydroxylation is 1. The van der Waals surface area contributed by atoms with Gasteiger partial charge in [0.1, 0.15) is 0 Å². The van der Waals surface area contributed by atoms with Crippen molar-refractivity contribution in [1.82, 2.24) is 29.3 Å². The standard InChI is InChI=1S/C23H28N7O2/c1-3-13-29-16-26-20-21(27-23(28-22(20)29)30(31,32)14-4-2)25-15-17-8-10-18(11-9-17)19-7-5-6-12-24-19/h5-12,16,31-32H,3-4,13-15H2,1-2H3,(H,25,27,28)/q+1. The number of nitrogens with one attached hydrogen (secondary N) is 1. The van der Waals surface area contributed by atoms with Crippen LogP contribution >= 0.6 is 0 Å². The fourth-order valence-corrected chi connectivity index (χ4v) is 3.55. The van der Waals surface area contributed by atoms with Crippen molar-refractivity contribution < 1.29 is 10.4 Å². The Morgan fingerprint density at radius 2 is 1.78 bits per heavy atom. The zero-order valence-electron chi connectivity index (χ0n) is 18.3. The molecule has 3 aromatic heterocycles. The number of hydroxylamine groups is 2. The number of pyridine rings is 1. The third kappa shape index (κ3) is 4.59. The van der Waals surface area contributed by atoms with Gasteiger partial charge in [-0.15, -0.1) is 0 Å². The van der Waals surface area contributed by atoms with Crippen molar-refractivity contribution >= 4 is 22.9 Å². The first-order valence-electron chi connectivity index (χ1n) is 10.8. The number of imidazole rings is 1. The Morgan fingerprint density at radius 1 is 0.969 bits per heavy atom. The van der Waals surface area contributed by atoms with Gasteiger partial charge in [0.15, 0.2) is 23.5 Å². The number of nitrogens with zero attached hydrogens (tertiary/aromatic N) is 6. The first-order chi connectivity index (χ1) is 15.5. The molecule has 0 amide bonds. The van der Waals surface area contributed by atoms with Crippen LogP contribution in [0.5, 0.6) is 0 Å². The van der Waals surface area contributed by atoms with Crippen LogP contribution in [-0.4, -0.2) is 41.5 Å². The largest absolute Gasteiger partial charge is 0.400 e. The summed E-state index contributed by atoms with van der Waals surface area (Å²) in [7, 11) is 0. The summed E-state index contributed by atoms with van der Waals surface area (Å²) in [6.07, 6.45) is 4.96. The zero-order chi connectivity index (χ0) is 22.6. The van der Waals surface area contributed by atoms with Gasteiger partial charge in [0.2, 0.25) is 0 Å². The molecule has 0 aliphatic carbocycles. The summed E-state index contributed by atoms with van der Waals surface area (Å²) in [5, 5.41) is 24.2. The van der Waals surface area contributed by atoms with Crippen molar-refractivity contribution in [3.05, 3.63) is 60.6 Å². The van der Waals surface area contributed by atoms with Gasteiger partial charge in [-0.25, -0.2) is 4.98 Å². The maximum absolute atomic E-state index is 10.5. The highest BCUT2D eigenvalue weighted by atomic mass is 16.8. The molecule has 9 heteroatoms. The number of fused-ring (bicyclic) bond motifs is 1. The molecule has 0 unspecified atom stereocenters. The maximum atomic E-state index is 10.5. The summed E-state index contributed by atoms with van der Waals surface area (Å²) in [5.74, 6) is 0.389. The lowest BCUT2D eigenvalue weighted by molar-refractivity contribution is -0.294. The lowest BCUT2D eigenvalue weighted by Gasteiger charge is -2.18. The Kier molecular flexibility index (Phi) is 6.40. The van der Waals surface area contributed by atoms with Crippen LogP contribution in [0.2, 0.25) is 0 Å². The lowest BCUT2D eigenvalue weighted by Crippen LogP contribution is -2.44. The number of benzene rings is 1. The molecule has 4 aromatic rings. The van der Waals surface area contributed by atoms with E-state index >= 15 is 0 Å². The van der Waals surface area contributed by atoms with E-state index in [-0.39, 0.29) is 12.5 Å². The van der Waals surface area contributed by atoms with E-state index in [0.717, 1.165) is 29.8 Å². The van der Waals surface area contributed by atoms with E-state index in [1.54, 1.807) is 12.5 Å². The van der Waals surface area contributed by atoms with Gasteiger partial charge in [-0.05, 0) is 24.1 Å². The molecule has 3 heterocycles. The number of quaternary nitrogens is 1. The van der Waals surface area contributed by atoms with Crippen LogP contribution in [0.3, 0.4) is 0 Å². The molecule has 1 aromatic carbocycles. The van der Waals surface area contributed by atoms with Crippen LogP contribution in [0.1, 0.15) is 32.3 Å². The van der Waals surface area contributed by atoms with E-state index in [2.05, 4.69) is 32.2 Å². The van der Waals surface area contributed by atoms with Crippen molar-refractivity contribution in [3.8, 4) is 11.3 Å². The molecule has 9 nitrogen and oxygen atoms in total. The smallest absolute Gasteiger partial charge is 0.364 e. The average molecular weight is 435 g/mol. The van der Waals surface area contributed by atoms with Gasteiger partial charge in [0.25, 0.3) is 0 Å². The second kappa shape index (κ2) is 9.39. The van der Waals surface area contributed by atoms with Crippen LogP contribution in [0.15, 0.2) is 55.0 Å². The minimum Gasteiger partial charge on any atom is -0.364 e. The molecular formula is C23H28N7O2+. The van der Waals surface area contributed by atoms with Crippen molar-refractivity contribution in [2.75, 3.05) is 11.9 Å². The highest BCUT2D eigenvalue weighted by molar-refractivity contribution is 5.84. The SMILES string of the molecule is CCCn1cnc2c(NCc3ccc(-c4ccccn4)cc3)nc([N+](O)(O)CCC)nc21. The average Bonchev–Trinajstić information content (AvgIpc) is 3.22. The molecule has 0 aliphatic rings. The third-order valence-electron chi connectivity index (χ3n) is 5.15. The van der Waals surface area contributed by atoms with Gasteiger partial charge in [-0.1, -0.05) is 44.2 Å². The molecule has 0 spiro atoms. The Balaban J connectivity index is 1.61. The van der Waals surface area contributed by atoms with Gasteiger partial charge < -0.3 is 9.88 Å². The first-order valence-corrected chi connectivity index (χ1v) is 10.8. The molecule has 3 N–H and O–H groups in total. The Labute approximate surface area is 186 Å². The van der Waals surface area contributed by atoms with Gasteiger partial charge in [-0.3, -0.25) is 4.98 Å². The highest BCUT2D eigenvalue weighted by Crippen LogP contribution is 2.25. The highest BCUT2D eigenvalue weighted by Gasteiger charge is 2.32. The Hall–Kier alpha value is -3.40. The number of anilines is 1. The van der Waals surface area contributed by atoms with Crippen molar-refractivity contribution in [3.63, 3.8) is 0 Å². The van der Waals surface area contributed by atoms with E-state index in [4.69, 9.17) is 0 Å². The summed E-state index contributed by atoms with van der Waals surface area (Å²) < 4.78 is 1.90. The van der Waals surface area contributed by atoms with E-state index in [0.29, 0.717) is 29.9 Å². The second-order valence-corrected chi connectivity index (χ2v) is 7.70. The molecule has 0 bridgehead atoms. The topological polar surface area (TPSA) is 109 Å². The van der Waals surface area contributed by atoms with Crippen LogP contribution in [0.4, 0.5) is 11.8 Å². The summed E-state index contributed by atoms with van der Waals surface area (Å²) in [6.45, 7) is 5.25. The summed E-state index contributed by atoms with van der Waals surface area (Å²) in [6, 6.07) is 14.0. The molecule has 0 fully saturated rings. The summed E-state index contributed by atoms with van der Waals surface area (Å²) in [5.41, 5.74) is 4.19. The number of hydrogen-bond acceptors (Lipinski definition) is 7. The van der Waals surface area contributed by atoms with E-state index in [1.807, 2.05) is 54.0 Å². The minimum absolute atomic E-state index is 0.0785. The Morgan fingerprint density at radius 3 is 2.47 bits per heavy atom. The van der Waals surface area contributed by atoms with Crippen LogP contribution in [-0.2, 0) is 13.1 Å². The predicted octanol–water partition coefficient (Wildman–Crippen LogP) is 4.41. The van der Waals surface area contributed by atoms with Crippen LogP contribution in [0, 0.1) is 0 Å². The number of aromatic nitrogens is 5. The van der Waals surface area contributed by atoms with Crippen molar-refractivity contribution in [1.29, 1.82) is 0 Å². The summed E-state index contributed by atoms with van der Waals surface area (Å²) >= 11 is 0. The third-order valence-corrected chi connectivity index (χ3v) is 5.15. The van der Waals surface area contributed by atoms with E-state index in [9.17, 15) is 10.4 Å². The number of rotatable bonds is 9. The lowest BCUT2D eigenvalue weighted by atomic mass is 10.1. The monoisotopic (exact) mass is 434 g/mol. The number of hydrogen-bond donors (Lipinski definition) is 3. The first kappa shape index (κ1) is 21.8. The summed E-state index contributed by atoms with van der Waals surface area (Å²) in [4.78, 5) is 16.3.